The Morgan fingerprint density at radius 1 is 1.12 bits per heavy atom. The fraction of sp³-hybridized carbons (Fsp3) is 0.714. The third-order valence-corrected chi connectivity index (χ3v) is 3.52. The van der Waals surface area contributed by atoms with Crippen LogP contribution >= 0.6 is 0 Å². The number of hydrogen-bond donors (Lipinski definition) is 1. The van der Waals surface area contributed by atoms with E-state index in [-0.39, 0.29) is 0 Å². The Morgan fingerprint density at radius 2 is 1.76 bits per heavy atom. The number of nitrogens with zero attached hydrogens (tertiary/aromatic N) is 2. The van der Waals surface area contributed by atoms with Crippen LogP contribution in [0.3, 0.4) is 0 Å². The van der Waals surface area contributed by atoms with E-state index in [1.54, 1.807) is 0 Å². The van der Waals surface area contributed by atoms with Crippen molar-refractivity contribution in [3.8, 4) is 0 Å². The van der Waals surface area contributed by atoms with Crippen molar-refractivity contribution in [2.24, 2.45) is 0 Å². The second-order valence-corrected chi connectivity index (χ2v) is 5.32. The highest BCUT2D eigenvalue weighted by atomic mass is 15.0. The summed E-state index contributed by atoms with van der Waals surface area (Å²) in [4.78, 5) is 9.32. The molecule has 0 spiro atoms. The van der Waals surface area contributed by atoms with Gasteiger partial charge in [-0.2, -0.15) is 0 Å². The van der Waals surface area contributed by atoms with Crippen LogP contribution in [0.5, 0.6) is 0 Å². The first-order chi connectivity index (χ1) is 8.09. The summed E-state index contributed by atoms with van der Waals surface area (Å²) < 4.78 is 0. The topological polar surface area (TPSA) is 37.8 Å². The summed E-state index contributed by atoms with van der Waals surface area (Å²) in [6.07, 6.45) is 3.81. The number of hydrogen-bond acceptors (Lipinski definition) is 3. The average Bonchev–Trinajstić information content (AvgIpc) is 2.29. The molecule has 0 saturated carbocycles. The summed E-state index contributed by atoms with van der Waals surface area (Å²) in [5.74, 6) is 1.38. The number of piperidine rings is 1. The molecule has 1 unspecified atom stereocenters. The SMILES string of the molecule is Cc1nc(C(C)C)nc(C)c1C1CCCCN1. The molecule has 2 rings (SSSR count). The molecule has 0 aliphatic carbocycles. The fourth-order valence-electron chi connectivity index (χ4n) is 2.61. The molecule has 1 aliphatic rings. The van der Waals surface area contributed by atoms with Gasteiger partial charge in [-0.3, -0.25) is 0 Å². The van der Waals surface area contributed by atoms with Crippen LogP contribution in [0.25, 0.3) is 0 Å². The van der Waals surface area contributed by atoms with Gasteiger partial charge < -0.3 is 5.32 Å². The Labute approximate surface area is 104 Å². The summed E-state index contributed by atoms with van der Waals surface area (Å²) >= 11 is 0. The first kappa shape index (κ1) is 12.5. The van der Waals surface area contributed by atoms with Crippen LogP contribution in [0, 0.1) is 13.8 Å². The normalized spacial score (nSPS) is 20.9. The van der Waals surface area contributed by atoms with E-state index >= 15 is 0 Å². The minimum absolute atomic E-state index is 0.403. The molecule has 1 aliphatic heterocycles. The van der Waals surface area contributed by atoms with E-state index in [1.165, 1.54) is 24.8 Å². The highest BCUT2D eigenvalue weighted by Crippen LogP contribution is 2.27. The lowest BCUT2D eigenvalue weighted by Crippen LogP contribution is -2.28. The van der Waals surface area contributed by atoms with Gasteiger partial charge in [0.15, 0.2) is 0 Å². The maximum atomic E-state index is 4.66. The third-order valence-electron chi connectivity index (χ3n) is 3.52. The summed E-state index contributed by atoms with van der Waals surface area (Å²) in [5, 5.41) is 3.59. The molecule has 1 N–H and O–H groups in total. The molecule has 1 fully saturated rings. The number of aryl methyl sites for hydroxylation is 2. The van der Waals surface area contributed by atoms with Crippen LogP contribution in [-0.2, 0) is 0 Å². The van der Waals surface area contributed by atoms with Crippen molar-refractivity contribution in [3.63, 3.8) is 0 Å². The lowest BCUT2D eigenvalue weighted by Gasteiger charge is -2.26. The van der Waals surface area contributed by atoms with Crippen LogP contribution in [0.1, 0.15) is 67.8 Å². The molecule has 1 saturated heterocycles. The Morgan fingerprint density at radius 3 is 2.24 bits per heavy atom. The van der Waals surface area contributed by atoms with E-state index in [1.807, 2.05) is 0 Å². The zero-order chi connectivity index (χ0) is 12.4. The van der Waals surface area contributed by atoms with Gasteiger partial charge >= 0.3 is 0 Å². The minimum Gasteiger partial charge on any atom is -0.310 e. The van der Waals surface area contributed by atoms with Crippen LogP contribution in [0.2, 0.25) is 0 Å². The summed E-state index contributed by atoms with van der Waals surface area (Å²) in [5.41, 5.74) is 3.63. The Kier molecular flexibility index (Phi) is 3.77. The molecular formula is C14H23N3. The maximum absolute atomic E-state index is 4.66. The van der Waals surface area contributed by atoms with Crippen molar-refractivity contribution < 1.29 is 0 Å². The molecule has 17 heavy (non-hydrogen) atoms. The van der Waals surface area contributed by atoms with Gasteiger partial charge in [0, 0.05) is 28.9 Å². The van der Waals surface area contributed by atoms with Crippen molar-refractivity contribution in [1.29, 1.82) is 0 Å². The van der Waals surface area contributed by atoms with Gasteiger partial charge in [0.05, 0.1) is 0 Å². The second kappa shape index (κ2) is 5.13. The average molecular weight is 233 g/mol. The zero-order valence-electron chi connectivity index (χ0n) is 11.4. The monoisotopic (exact) mass is 233 g/mol. The predicted molar refractivity (Wildman–Crippen MR) is 70.2 cm³/mol. The number of nitrogens with one attached hydrogen (secondary N) is 1. The summed E-state index contributed by atoms with van der Waals surface area (Å²) in [7, 11) is 0. The first-order valence-corrected chi connectivity index (χ1v) is 6.68. The summed E-state index contributed by atoms with van der Waals surface area (Å²) in [6, 6.07) is 0.463. The van der Waals surface area contributed by atoms with Gasteiger partial charge in [-0.1, -0.05) is 20.3 Å². The predicted octanol–water partition coefficient (Wildman–Crippen LogP) is 3.03. The molecule has 3 nitrogen and oxygen atoms in total. The Bertz CT molecular complexity index is 369. The highest BCUT2D eigenvalue weighted by Gasteiger charge is 2.21. The molecule has 0 bridgehead atoms. The van der Waals surface area contributed by atoms with Gasteiger partial charge in [0.25, 0.3) is 0 Å². The molecule has 0 radical (unpaired) electrons. The lowest BCUT2D eigenvalue weighted by atomic mass is 9.95. The van der Waals surface area contributed by atoms with E-state index < -0.39 is 0 Å². The molecule has 1 aromatic rings. The van der Waals surface area contributed by atoms with Crippen molar-refractivity contribution in [2.45, 2.75) is 58.9 Å². The van der Waals surface area contributed by atoms with Crippen molar-refractivity contribution in [3.05, 3.63) is 22.8 Å². The van der Waals surface area contributed by atoms with Crippen LogP contribution in [0.15, 0.2) is 0 Å². The molecule has 0 aromatic carbocycles. The van der Waals surface area contributed by atoms with Gasteiger partial charge in [-0.15, -0.1) is 0 Å². The largest absolute Gasteiger partial charge is 0.310 e. The van der Waals surface area contributed by atoms with Gasteiger partial charge in [0.1, 0.15) is 5.82 Å². The minimum atomic E-state index is 0.403. The van der Waals surface area contributed by atoms with Gasteiger partial charge in [-0.05, 0) is 33.2 Å². The fourth-order valence-corrected chi connectivity index (χ4v) is 2.61. The van der Waals surface area contributed by atoms with Crippen molar-refractivity contribution in [2.75, 3.05) is 6.54 Å². The van der Waals surface area contributed by atoms with Crippen molar-refractivity contribution >= 4 is 0 Å². The Hall–Kier alpha value is -0.960. The molecule has 1 atom stereocenters. The lowest BCUT2D eigenvalue weighted by molar-refractivity contribution is 0.407. The maximum Gasteiger partial charge on any atom is 0.131 e. The van der Waals surface area contributed by atoms with Gasteiger partial charge in [-0.25, -0.2) is 9.97 Å². The van der Waals surface area contributed by atoms with Crippen molar-refractivity contribution in [1.82, 2.24) is 15.3 Å². The highest BCUT2D eigenvalue weighted by molar-refractivity contribution is 5.28. The van der Waals surface area contributed by atoms with E-state index in [0.717, 1.165) is 23.8 Å². The van der Waals surface area contributed by atoms with Crippen LogP contribution in [-0.4, -0.2) is 16.5 Å². The molecule has 3 heteroatoms. The molecular weight excluding hydrogens is 210 g/mol. The molecule has 2 heterocycles. The molecule has 0 amide bonds. The zero-order valence-corrected chi connectivity index (χ0v) is 11.4. The van der Waals surface area contributed by atoms with E-state index in [4.69, 9.17) is 0 Å². The molecule has 1 aromatic heterocycles. The standard InChI is InChI=1S/C14H23N3/c1-9(2)14-16-10(3)13(11(4)17-14)12-7-5-6-8-15-12/h9,12,15H,5-8H2,1-4H3. The molecule has 94 valence electrons. The quantitative estimate of drug-likeness (QED) is 0.853. The third kappa shape index (κ3) is 2.65. The number of rotatable bonds is 2. The van der Waals surface area contributed by atoms with Gasteiger partial charge in [0.2, 0.25) is 0 Å². The van der Waals surface area contributed by atoms with E-state index in [9.17, 15) is 0 Å². The number of aromatic nitrogens is 2. The Balaban J connectivity index is 2.33. The van der Waals surface area contributed by atoms with Crippen LogP contribution < -0.4 is 5.32 Å². The summed E-state index contributed by atoms with van der Waals surface area (Å²) in [6.45, 7) is 9.65. The van der Waals surface area contributed by atoms with E-state index in [2.05, 4.69) is 43.0 Å². The van der Waals surface area contributed by atoms with E-state index in [0.29, 0.717) is 12.0 Å². The van der Waals surface area contributed by atoms with Crippen LogP contribution in [0.4, 0.5) is 0 Å². The first-order valence-electron chi connectivity index (χ1n) is 6.68. The second-order valence-electron chi connectivity index (χ2n) is 5.32. The smallest absolute Gasteiger partial charge is 0.131 e.